The predicted molar refractivity (Wildman–Crippen MR) is 80.3 cm³/mol. The van der Waals surface area contributed by atoms with Crippen LogP contribution in [0.25, 0.3) is 5.69 Å². The number of hydrogen-bond donors (Lipinski definition) is 0. The smallest absolute Gasteiger partial charge is 0.169 e. The van der Waals surface area contributed by atoms with Gasteiger partial charge >= 0.3 is 0 Å². The molecule has 1 atom stereocenters. The molecule has 106 valence electrons. The van der Waals surface area contributed by atoms with E-state index < -0.39 is 10.8 Å². The summed E-state index contributed by atoms with van der Waals surface area (Å²) in [5.41, 5.74) is 3.05. The third kappa shape index (κ3) is 3.32. The second-order valence-electron chi connectivity index (χ2n) is 4.49. The van der Waals surface area contributed by atoms with E-state index in [4.69, 9.17) is 11.6 Å². The lowest BCUT2D eigenvalue weighted by Gasteiger charge is -2.10. The summed E-state index contributed by atoms with van der Waals surface area (Å²) in [4.78, 5) is 0. The Balaban J connectivity index is 2.34. The molecule has 0 N–H and O–H groups in total. The van der Waals surface area contributed by atoms with Crippen LogP contribution in [0.1, 0.15) is 17.0 Å². The van der Waals surface area contributed by atoms with Crippen LogP contribution in [-0.2, 0) is 16.6 Å². The van der Waals surface area contributed by atoms with Crippen molar-refractivity contribution in [1.82, 2.24) is 20.2 Å². The summed E-state index contributed by atoms with van der Waals surface area (Å²) < 4.78 is 13.6. The molecule has 5 nitrogen and oxygen atoms in total. The Kier molecular flexibility index (Phi) is 4.67. The zero-order chi connectivity index (χ0) is 14.7. The van der Waals surface area contributed by atoms with E-state index in [1.165, 1.54) is 0 Å². The molecule has 0 saturated heterocycles. The lowest BCUT2D eigenvalue weighted by Crippen LogP contribution is -2.10. The molecule has 0 spiro atoms. The van der Waals surface area contributed by atoms with Gasteiger partial charge in [-0.1, -0.05) is 36.4 Å². The number of benzene rings is 1. The van der Waals surface area contributed by atoms with E-state index >= 15 is 0 Å². The van der Waals surface area contributed by atoms with E-state index in [0.717, 1.165) is 16.8 Å². The molecule has 0 radical (unpaired) electrons. The largest absolute Gasteiger partial charge is 0.259 e. The number of para-hydroxylation sites is 1. The molecule has 20 heavy (non-hydrogen) atoms. The van der Waals surface area contributed by atoms with Gasteiger partial charge in [-0.15, -0.1) is 5.10 Å². The van der Waals surface area contributed by atoms with Gasteiger partial charge in [-0.25, -0.2) is 0 Å². The first-order valence-electron chi connectivity index (χ1n) is 6.01. The summed E-state index contributed by atoms with van der Waals surface area (Å²) in [6, 6.07) is 5.96. The summed E-state index contributed by atoms with van der Waals surface area (Å²) in [6.45, 7) is 7.53. The molecule has 1 aromatic heterocycles. The van der Waals surface area contributed by atoms with Crippen molar-refractivity contribution < 1.29 is 4.21 Å². The normalized spacial score (nSPS) is 12.3. The van der Waals surface area contributed by atoms with Gasteiger partial charge in [-0.05, 0) is 35.4 Å². The molecular weight excluding hydrogens is 296 g/mol. The van der Waals surface area contributed by atoms with E-state index in [9.17, 15) is 4.21 Å². The maximum atomic E-state index is 11.9. The molecule has 1 unspecified atom stereocenters. The van der Waals surface area contributed by atoms with Crippen LogP contribution in [0.3, 0.4) is 0 Å². The minimum absolute atomic E-state index is 0.237. The molecular formula is C13H15ClN4OS. The van der Waals surface area contributed by atoms with Crippen LogP contribution in [0.15, 0.2) is 29.8 Å². The van der Waals surface area contributed by atoms with E-state index in [1.54, 1.807) is 4.68 Å². The molecule has 0 fully saturated rings. The average molecular weight is 311 g/mol. The van der Waals surface area contributed by atoms with E-state index in [-0.39, 0.29) is 11.5 Å². The molecule has 0 amide bonds. The van der Waals surface area contributed by atoms with Gasteiger partial charge < -0.3 is 0 Å². The zero-order valence-corrected chi connectivity index (χ0v) is 12.9. The van der Waals surface area contributed by atoms with Crippen molar-refractivity contribution in [3.63, 3.8) is 0 Å². The molecule has 1 aromatic carbocycles. The SMILES string of the molecule is C=C(Cl)CS(=O)Cc1nnnn1-c1c(C)cccc1C. The van der Waals surface area contributed by atoms with Gasteiger partial charge in [0.15, 0.2) is 5.82 Å². The van der Waals surface area contributed by atoms with Crippen LogP contribution >= 0.6 is 11.6 Å². The summed E-state index contributed by atoms with van der Waals surface area (Å²) in [5.74, 6) is 1.03. The third-order valence-electron chi connectivity index (χ3n) is 2.79. The zero-order valence-electron chi connectivity index (χ0n) is 11.3. The molecule has 0 bridgehead atoms. The second kappa shape index (κ2) is 6.28. The maximum Gasteiger partial charge on any atom is 0.169 e. The van der Waals surface area contributed by atoms with Crippen LogP contribution < -0.4 is 0 Å². The van der Waals surface area contributed by atoms with Crippen molar-refractivity contribution in [2.24, 2.45) is 0 Å². The number of nitrogens with zero attached hydrogens (tertiary/aromatic N) is 4. The fourth-order valence-corrected chi connectivity index (χ4v) is 3.26. The quantitative estimate of drug-likeness (QED) is 0.850. The van der Waals surface area contributed by atoms with Crippen molar-refractivity contribution in [2.75, 3.05) is 5.75 Å². The number of tetrazole rings is 1. The van der Waals surface area contributed by atoms with Gasteiger partial charge in [0.1, 0.15) is 0 Å². The van der Waals surface area contributed by atoms with Gasteiger partial charge in [0.2, 0.25) is 0 Å². The minimum Gasteiger partial charge on any atom is -0.259 e. The van der Waals surface area contributed by atoms with Gasteiger partial charge in [0.05, 0.1) is 17.2 Å². The van der Waals surface area contributed by atoms with Crippen LogP contribution in [0.2, 0.25) is 0 Å². The molecule has 2 aromatic rings. The third-order valence-corrected chi connectivity index (χ3v) is 4.34. The fraction of sp³-hybridized carbons (Fsp3) is 0.308. The molecule has 0 aliphatic heterocycles. The average Bonchev–Trinajstić information content (AvgIpc) is 2.76. The van der Waals surface area contributed by atoms with E-state index in [1.807, 2.05) is 32.0 Å². The van der Waals surface area contributed by atoms with Crippen LogP contribution in [0, 0.1) is 13.8 Å². The summed E-state index contributed by atoms with van der Waals surface area (Å²) in [7, 11) is -1.17. The van der Waals surface area contributed by atoms with Crippen molar-refractivity contribution in [2.45, 2.75) is 19.6 Å². The number of halogens is 1. The highest BCUT2D eigenvalue weighted by Crippen LogP contribution is 2.19. The molecule has 0 aliphatic carbocycles. The molecule has 2 rings (SSSR count). The first-order valence-corrected chi connectivity index (χ1v) is 7.87. The Morgan fingerprint density at radius 3 is 2.65 bits per heavy atom. The van der Waals surface area contributed by atoms with Crippen LogP contribution in [0.5, 0.6) is 0 Å². The van der Waals surface area contributed by atoms with Gasteiger partial charge in [-0.3, -0.25) is 4.21 Å². The number of hydrogen-bond acceptors (Lipinski definition) is 4. The highest BCUT2D eigenvalue weighted by Gasteiger charge is 2.15. The number of rotatable bonds is 5. The van der Waals surface area contributed by atoms with Gasteiger partial charge in [0, 0.05) is 15.8 Å². The van der Waals surface area contributed by atoms with Crippen LogP contribution in [0.4, 0.5) is 0 Å². The molecule has 1 heterocycles. The van der Waals surface area contributed by atoms with Crippen molar-refractivity contribution in [3.05, 3.63) is 46.8 Å². The van der Waals surface area contributed by atoms with Crippen molar-refractivity contribution in [3.8, 4) is 5.69 Å². The minimum atomic E-state index is -1.17. The van der Waals surface area contributed by atoms with E-state index in [2.05, 4.69) is 22.1 Å². The topological polar surface area (TPSA) is 60.7 Å². The number of aryl methyl sites for hydroxylation is 2. The standard InChI is InChI=1S/C13H15ClN4OS/c1-9-5-4-6-10(2)13(9)18-12(15-16-17-18)8-20(19)7-11(3)14/h4-6H,3,7-8H2,1-2H3. The monoisotopic (exact) mass is 310 g/mol. The first kappa shape index (κ1) is 14.9. The lowest BCUT2D eigenvalue weighted by molar-refractivity contribution is 0.681. The molecule has 0 aliphatic rings. The van der Waals surface area contributed by atoms with Crippen molar-refractivity contribution in [1.29, 1.82) is 0 Å². The second-order valence-corrected chi connectivity index (χ2v) is 6.48. The Hall–Kier alpha value is -1.53. The molecule has 0 saturated carbocycles. The van der Waals surface area contributed by atoms with E-state index in [0.29, 0.717) is 10.9 Å². The predicted octanol–water partition coefficient (Wildman–Crippen LogP) is 2.28. The Bertz CT molecular complexity index is 648. The van der Waals surface area contributed by atoms with Gasteiger partial charge in [0.25, 0.3) is 0 Å². The fourth-order valence-electron chi connectivity index (χ4n) is 1.98. The Morgan fingerprint density at radius 1 is 1.40 bits per heavy atom. The van der Waals surface area contributed by atoms with Crippen LogP contribution in [-0.4, -0.2) is 30.2 Å². The first-order chi connectivity index (χ1) is 9.49. The highest BCUT2D eigenvalue weighted by atomic mass is 35.5. The van der Waals surface area contributed by atoms with Gasteiger partial charge in [-0.2, -0.15) is 4.68 Å². The Morgan fingerprint density at radius 2 is 2.05 bits per heavy atom. The maximum absolute atomic E-state index is 11.9. The summed E-state index contributed by atoms with van der Waals surface area (Å²) >= 11 is 5.67. The van der Waals surface area contributed by atoms with Crippen molar-refractivity contribution >= 4 is 22.4 Å². The summed E-state index contributed by atoms with van der Waals surface area (Å²) in [6.07, 6.45) is 0. The molecule has 7 heteroatoms. The lowest BCUT2D eigenvalue weighted by atomic mass is 10.1. The Labute approximate surface area is 125 Å². The number of aromatic nitrogens is 4. The summed E-state index contributed by atoms with van der Waals surface area (Å²) in [5, 5.41) is 12.0. The highest BCUT2D eigenvalue weighted by molar-refractivity contribution is 7.84.